The van der Waals surface area contributed by atoms with Crippen LogP contribution in [0.4, 0.5) is 0 Å². The standard InChI is InChI=1S/C17H21N3O2/c1-12-5-3-4-6-13(12)14-9-20(10-15(14)17(21)22)11-16-18-7-8-19(16)2/h3-8,14-15H,9-11H2,1-2H3,(H,21,22)/t14-,15+/m0/s1. The van der Waals surface area contributed by atoms with Crippen LogP contribution in [0.15, 0.2) is 36.7 Å². The van der Waals surface area contributed by atoms with Crippen molar-refractivity contribution in [2.24, 2.45) is 13.0 Å². The van der Waals surface area contributed by atoms with E-state index in [1.807, 2.05) is 29.9 Å². The highest BCUT2D eigenvalue weighted by atomic mass is 16.4. The minimum atomic E-state index is -0.712. The number of carboxylic acid groups (broad SMARTS) is 1. The number of carboxylic acids is 1. The monoisotopic (exact) mass is 299 g/mol. The van der Waals surface area contributed by atoms with Gasteiger partial charge >= 0.3 is 5.97 Å². The van der Waals surface area contributed by atoms with Gasteiger partial charge in [-0.3, -0.25) is 9.69 Å². The SMILES string of the molecule is Cc1ccccc1[C@@H]1CN(Cc2nccn2C)C[C@H]1C(=O)O. The Balaban J connectivity index is 1.83. The Morgan fingerprint density at radius 2 is 2.14 bits per heavy atom. The second kappa shape index (κ2) is 5.93. The molecular formula is C17H21N3O2. The molecule has 5 nitrogen and oxygen atoms in total. The van der Waals surface area contributed by atoms with Crippen molar-refractivity contribution in [1.29, 1.82) is 0 Å². The molecule has 2 heterocycles. The molecule has 0 saturated carbocycles. The molecule has 1 aliphatic rings. The first-order valence-electron chi connectivity index (χ1n) is 7.53. The first kappa shape index (κ1) is 14.8. The summed E-state index contributed by atoms with van der Waals surface area (Å²) in [6, 6.07) is 8.09. The van der Waals surface area contributed by atoms with Gasteiger partial charge in [0, 0.05) is 38.4 Å². The summed E-state index contributed by atoms with van der Waals surface area (Å²) in [6.07, 6.45) is 3.69. The number of nitrogens with zero attached hydrogens (tertiary/aromatic N) is 3. The lowest BCUT2D eigenvalue weighted by molar-refractivity contribution is -0.141. The van der Waals surface area contributed by atoms with Crippen LogP contribution < -0.4 is 0 Å². The average Bonchev–Trinajstić information content (AvgIpc) is 3.07. The number of imidazole rings is 1. The van der Waals surface area contributed by atoms with E-state index in [0.717, 1.165) is 23.5 Å². The van der Waals surface area contributed by atoms with E-state index in [4.69, 9.17) is 0 Å². The van der Waals surface area contributed by atoms with E-state index < -0.39 is 5.97 Å². The molecule has 2 aromatic rings. The molecule has 5 heteroatoms. The third-order valence-electron chi connectivity index (χ3n) is 4.59. The molecule has 0 spiro atoms. The molecule has 0 amide bonds. The minimum Gasteiger partial charge on any atom is -0.481 e. The van der Waals surface area contributed by atoms with Crippen LogP contribution in [-0.4, -0.2) is 38.6 Å². The zero-order valence-electron chi connectivity index (χ0n) is 12.9. The lowest BCUT2D eigenvalue weighted by Crippen LogP contribution is -2.24. The van der Waals surface area contributed by atoms with E-state index >= 15 is 0 Å². The van der Waals surface area contributed by atoms with Crippen LogP contribution in [-0.2, 0) is 18.4 Å². The third kappa shape index (κ3) is 2.76. The van der Waals surface area contributed by atoms with Crippen molar-refractivity contribution in [2.45, 2.75) is 19.4 Å². The Labute approximate surface area is 130 Å². The van der Waals surface area contributed by atoms with Crippen LogP contribution in [0.5, 0.6) is 0 Å². The van der Waals surface area contributed by atoms with Crippen LogP contribution in [0, 0.1) is 12.8 Å². The van der Waals surface area contributed by atoms with Gasteiger partial charge in [-0.05, 0) is 18.1 Å². The largest absolute Gasteiger partial charge is 0.481 e. The zero-order valence-corrected chi connectivity index (χ0v) is 12.9. The van der Waals surface area contributed by atoms with Crippen molar-refractivity contribution >= 4 is 5.97 Å². The number of hydrogen-bond donors (Lipinski definition) is 1. The Bertz CT molecular complexity index is 680. The van der Waals surface area contributed by atoms with Gasteiger partial charge in [0.1, 0.15) is 5.82 Å². The smallest absolute Gasteiger partial charge is 0.308 e. The maximum atomic E-state index is 11.7. The highest BCUT2D eigenvalue weighted by molar-refractivity contribution is 5.72. The number of aryl methyl sites for hydroxylation is 2. The van der Waals surface area contributed by atoms with Crippen molar-refractivity contribution in [1.82, 2.24) is 14.5 Å². The van der Waals surface area contributed by atoms with Crippen molar-refractivity contribution < 1.29 is 9.90 Å². The predicted molar refractivity (Wildman–Crippen MR) is 83.5 cm³/mol. The van der Waals surface area contributed by atoms with Crippen LogP contribution in [0.3, 0.4) is 0 Å². The second-order valence-electron chi connectivity index (χ2n) is 6.06. The Kier molecular flexibility index (Phi) is 3.98. The predicted octanol–water partition coefficient (Wildman–Crippen LogP) is 2.03. The molecular weight excluding hydrogens is 278 g/mol. The number of hydrogen-bond acceptors (Lipinski definition) is 3. The Hall–Kier alpha value is -2.14. The number of aromatic nitrogens is 2. The maximum absolute atomic E-state index is 11.7. The Morgan fingerprint density at radius 3 is 2.77 bits per heavy atom. The fraction of sp³-hybridized carbons (Fsp3) is 0.412. The molecule has 0 bridgehead atoms. The first-order valence-corrected chi connectivity index (χ1v) is 7.53. The summed E-state index contributed by atoms with van der Waals surface area (Å²) in [6.45, 7) is 4.07. The van der Waals surface area contributed by atoms with Crippen molar-refractivity contribution in [3.8, 4) is 0 Å². The van der Waals surface area contributed by atoms with Crippen molar-refractivity contribution in [2.75, 3.05) is 13.1 Å². The van der Waals surface area contributed by atoms with E-state index in [0.29, 0.717) is 13.1 Å². The average molecular weight is 299 g/mol. The van der Waals surface area contributed by atoms with Gasteiger partial charge < -0.3 is 9.67 Å². The van der Waals surface area contributed by atoms with Crippen molar-refractivity contribution in [3.05, 3.63) is 53.6 Å². The number of benzene rings is 1. The summed E-state index contributed by atoms with van der Waals surface area (Å²) in [5.74, 6) is -0.0643. The van der Waals surface area contributed by atoms with E-state index in [1.54, 1.807) is 6.20 Å². The highest BCUT2D eigenvalue weighted by Gasteiger charge is 2.39. The van der Waals surface area contributed by atoms with E-state index in [9.17, 15) is 9.90 Å². The maximum Gasteiger partial charge on any atom is 0.308 e. The molecule has 0 unspecified atom stereocenters. The zero-order chi connectivity index (χ0) is 15.7. The number of aliphatic carboxylic acids is 1. The molecule has 116 valence electrons. The molecule has 1 fully saturated rings. The summed E-state index contributed by atoms with van der Waals surface area (Å²) < 4.78 is 1.98. The molecule has 1 saturated heterocycles. The second-order valence-corrected chi connectivity index (χ2v) is 6.06. The van der Waals surface area contributed by atoms with Crippen LogP contribution in [0.1, 0.15) is 22.9 Å². The summed E-state index contributed by atoms with van der Waals surface area (Å²) in [5, 5.41) is 9.59. The van der Waals surface area contributed by atoms with Gasteiger partial charge in [0.05, 0.1) is 12.5 Å². The molecule has 0 aliphatic carbocycles. The quantitative estimate of drug-likeness (QED) is 0.938. The lowest BCUT2D eigenvalue weighted by atomic mass is 9.86. The minimum absolute atomic E-state index is 0.0407. The molecule has 1 aromatic heterocycles. The van der Waals surface area contributed by atoms with Crippen LogP contribution >= 0.6 is 0 Å². The molecule has 1 aliphatic heterocycles. The molecule has 2 atom stereocenters. The Morgan fingerprint density at radius 1 is 1.36 bits per heavy atom. The topological polar surface area (TPSA) is 58.4 Å². The lowest BCUT2D eigenvalue weighted by Gasteiger charge is -2.18. The molecule has 1 aromatic carbocycles. The van der Waals surface area contributed by atoms with Crippen LogP contribution in [0.2, 0.25) is 0 Å². The first-order chi connectivity index (χ1) is 10.6. The van der Waals surface area contributed by atoms with Gasteiger partial charge in [-0.1, -0.05) is 24.3 Å². The van der Waals surface area contributed by atoms with Crippen LogP contribution in [0.25, 0.3) is 0 Å². The van der Waals surface area contributed by atoms with Gasteiger partial charge in [0.25, 0.3) is 0 Å². The highest BCUT2D eigenvalue weighted by Crippen LogP contribution is 2.35. The van der Waals surface area contributed by atoms with E-state index in [1.165, 1.54) is 0 Å². The van der Waals surface area contributed by atoms with Gasteiger partial charge in [-0.2, -0.15) is 0 Å². The fourth-order valence-corrected chi connectivity index (χ4v) is 3.33. The van der Waals surface area contributed by atoms with Crippen molar-refractivity contribution in [3.63, 3.8) is 0 Å². The van der Waals surface area contributed by atoms with E-state index in [-0.39, 0.29) is 11.8 Å². The number of likely N-dealkylation sites (tertiary alicyclic amines) is 1. The fourth-order valence-electron chi connectivity index (χ4n) is 3.33. The molecule has 1 N–H and O–H groups in total. The van der Waals surface area contributed by atoms with Gasteiger partial charge in [-0.15, -0.1) is 0 Å². The molecule has 22 heavy (non-hydrogen) atoms. The number of rotatable bonds is 4. The molecule has 0 radical (unpaired) electrons. The summed E-state index contributed by atoms with van der Waals surface area (Å²) >= 11 is 0. The van der Waals surface area contributed by atoms with Gasteiger partial charge in [-0.25, -0.2) is 4.98 Å². The molecule has 3 rings (SSSR count). The normalized spacial score (nSPS) is 22.1. The number of carbonyl (C=O) groups is 1. The van der Waals surface area contributed by atoms with Gasteiger partial charge in [0.2, 0.25) is 0 Å². The summed E-state index contributed by atoms with van der Waals surface area (Å²) in [7, 11) is 1.96. The summed E-state index contributed by atoms with van der Waals surface area (Å²) in [4.78, 5) is 18.2. The van der Waals surface area contributed by atoms with Gasteiger partial charge in [0.15, 0.2) is 0 Å². The van der Waals surface area contributed by atoms with E-state index in [2.05, 4.69) is 28.9 Å². The third-order valence-corrected chi connectivity index (χ3v) is 4.59. The summed E-state index contributed by atoms with van der Waals surface area (Å²) in [5.41, 5.74) is 2.31.